The van der Waals surface area contributed by atoms with E-state index in [0.29, 0.717) is 0 Å². The molecule has 21 heavy (non-hydrogen) atoms. The maximum Gasteiger partial charge on any atom is 0.128 e. The van der Waals surface area contributed by atoms with Crippen molar-refractivity contribution in [3.63, 3.8) is 0 Å². The minimum Gasteiger partial charge on any atom is -0.490 e. The van der Waals surface area contributed by atoms with Crippen LogP contribution in [0.25, 0.3) is 0 Å². The summed E-state index contributed by atoms with van der Waals surface area (Å²) in [6, 6.07) is 8.63. The highest BCUT2D eigenvalue weighted by Gasteiger charge is 2.23. The highest BCUT2D eigenvalue weighted by atomic mass is 16.5. The molecule has 3 heteroatoms. The van der Waals surface area contributed by atoms with Crippen LogP contribution >= 0.6 is 0 Å². The van der Waals surface area contributed by atoms with Crippen molar-refractivity contribution in [1.29, 1.82) is 0 Å². The second kappa shape index (κ2) is 5.94. The zero-order valence-electron chi connectivity index (χ0n) is 13.0. The van der Waals surface area contributed by atoms with Gasteiger partial charge in [0.1, 0.15) is 17.6 Å². The van der Waals surface area contributed by atoms with Gasteiger partial charge in [0.15, 0.2) is 0 Å². The molecule has 1 N–H and O–H groups in total. The van der Waals surface area contributed by atoms with E-state index in [1.807, 2.05) is 6.07 Å². The van der Waals surface area contributed by atoms with E-state index < -0.39 is 0 Å². The van der Waals surface area contributed by atoms with Gasteiger partial charge in [0.25, 0.3) is 0 Å². The van der Waals surface area contributed by atoms with Gasteiger partial charge in [-0.25, -0.2) is 0 Å². The molecule has 3 nitrogen and oxygen atoms in total. The van der Waals surface area contributed by atoms with Gasteiger partial charge in [0.2, 0.25) is 0 Å². The minimum absolute atomic E-state index is 0.112. The van der Waals surface area contributed by atoms with Crippen molar-refractivity contribution in [2.24, 2.45) is 0 Å². The molecule has 3 rings (SSSR count). The lowest BCUT2D eigenvalue weighted by Gasteiger charge is -2.18. The van der Waals surface area contributed by atoms with Crippen molar-refractivity contribution in [3.8, 4) is 5.75 Å². The summed E-state index contributed by atoms with van der Waals surface area (Å²) in [7, 11) is 0. The standard InChI is InChI=1S/C18H23NO2/c1-4-8-19-17(18-12(2)7-9-20-18)14-5-6-16-15(11-14)10-13(3)21-16/h5-7,9,11,13,17,19H,4,8,10H2,1-3H3. The van der Waals surface area contributed by atoms with Gasteiger partial charge >= 0.3 is 0 Å². The number of benzene rings is 1. The molecular weight excluding hydrogens is 262 g/mol. The maximum atomic E-state index is 5.79. The van der Waals surface area contributed by atoms with E-state index in [0.717, 1.165) is 30.9 Å². The van der Waals surface area contributed by atoms with Crippen LogP contribution in [0.5, 0.6) is 5.75 Å². The lowest BCUT2D eigenvalue weighted by atomic mass is 9.98. The van der Waals surface area contributed by atoms with Gasteiger partial charge < -0.3 is 14.5 Å². The topological polar surface area (TPSA) is 34.4 Å². The quantitative estimate of drug-likeness (QED) is 0.901. The molecule has 0 fully saturated rings. The molecule has 0 saturated heterocycles. The van der Waals surface area contributed by atoms with E-state index in [-0.39, 0.29) is 12.1 Å². The molecule has 1 aliphatic heterocycles. The van der Waals surface area contributed by atoms with Crippen molar-refractivity contribution >= 4 is 0 Å². The van der Waals surface area contributed by atoms with Gasteiger partial charge in [-0.1, -0.05) is 13.0 Å². The van der Waals surface area contributed by atoms with Gasteiger partial charge in [-0.2, -0.15) is 0 Å². The van der Waals surface area contributed by atoms with Crippen molar-refractivity contribution in [1.82, 2.24) is 5.32 Å². The zero-order chi connectivity index (χ0) is 14.8. The van der Waals surface area contributed by atoms with E-state index in [1.165, 1.54) is 16.7 Å². The van der Waals surface area contributed by atoms with Crippen LogP contribution in [0.1, 0.15) is 48.8 Å². The van der Waals surface area contributed by atoms with Crippen molar-refractivity contribution in [2.75, 3.05) is 6.54 Å². The molecule has 2 aromatic rings. The first kappa shape index (κ1) is 14.2. The summed E-state index contributed by atoms with van der Waals surface area (Å²) >= 11 is 0. The van der Waals surface area contributed by atoms with Crippen LogP contribution in [0.15, 0.2) is 34.9 Å². The molecule has 0 bridgehead atoms. The van der Waals surface area contributed by atoms with Gasteiger partial charge in [-0.05, 0) is 61.7 Å². The molecule has 2 atom stereocenters. The fourth-order valence-electron chi connectivity index (χ4n) is 2.95. The Morgan fingerprint density at radius 2 is 2.19 bits per heavy atom. The largest absolute Gasteiger partial charge is 0.490 e. The third kappa shape index (κ3) is 2.84. The minimum atomic E-state index is 0.112. The Kier molecular flexibility index (Phi) is 4.02. The third-order valence-corrected chi connectivity index (χ3v) is 4.02. The van der Waals surface area contributed by atoms with E-state index >= 15 is 0 Å². The summed E-state index contributed by atoms with van der Waals surface area (Å²) in [6.07, 6.45) is 4.13. The molecule has 0 spiro atoms. The van der Waals surface area contributed by atoms with Crippen LogP contribution in [0.4, 0.5) is 0 Å². The third-order valence-electron chi connectivity index (χ3n) is 4.02. The van der Waals surface area contributed by atoms with Crippen molar-refractivity contribution < 1.29 is 9.15 Å². The summed E-state index contributed by atoms with van der Waals surface area (Å²) < 4.78 is 11.5. The fraction of sp³-hybridized carbons (Fsp3) is 0.444. The molecule has 2 unspecified atom stereocenters. The number of ether oxygens (including phenoxy) is 1. The Bertz CT molecular complexity index is 617. The maximum absolute atomic E-state index is 5.79. The number of aryl methyl sites for hydroxylation is 1. The lowest BCUT2D eigenvalue weighted by molar-refractivity contribution is 0.254. The van der Waals surface area contributed by atoms with Gasteiger partial charge in [0, 0.05) is 6.42 Å². The summed E-state index contributed by atoms with van der Waals surface area (Å²) in [4.78, 5) is 0. The molecule has 112 valence electrons. The van der Waals surface area contributed by atoms with Crippen LogP contribution in [0.3, 0.4) is 0 Å². The fourth-order valence-corrected chi connectivity index (χ4v) is 2.95. The smallest absolute Gasteiger partial charge is 0.128 e. The number of hydrogen-bond acceptors (Lipinski definition) is 3. The Balaban J connectivity index is 1.94. The number of nitrogens with one attached hydrogen (secondary N) is 1. The summed E-state index contributed by atoms with van der Waals surface area (Å²) in [5.41, 5.74) is 3.74. The van der Waals surface area contributed by atoms with Crippen molar-refractivity contribution in [2.45, 2.75) is 45.8 Å². The molecule has 0 radical (unpaired) electrons. The van der Waals surface area contributed by atoms with Crippen LogP contribution in [-0.4, -0.2) is 12.6 Å². The number of fused-ring (bicyclic) bond motifs is 1. The second-order valence-corrected chi connectivity index (χ2v) is 5.85. The van der Waals surface area contributed by atoms with Gasteiger partial charge in [-0.15, -0.1) is 0 Å². The Morgan fingerprint density at radius 1 is 1.33 bits per heavy atom. The zero-order valence-corrected chi connectivity index (χ0v) is 13.0. The van der Waals surface area contributed by atoms with Gasteiger partial charge in [-0.3, -0.25) is 0 Å². The summed E-state index contributed by atoms with van der Waals surface area (Å²) in [6.45, 7) is 7.35. The average molecular weight is 285 g/mol. The van der Waals surface area contributed by atoms with E-state index in [2.05, 4.69) is 44.3 Å². The van der Waals surface area contributed by atoms with Crippen LogP contribution < -0.4 is 10.1 Å². The number of rotatable bonds is 5. The molecular formula is C18H23NO2. The summed E-state index contributed by atoms with van der Waals surface area (Å²) in [5, 5.41) is 3.60. The van der Waals surface area contributed by atoms with Crippen LogP contribution in [0, 0.1) is 6.92 Å². The average Bonchev–Trinajstić information content (AvgIpc) is 3.04. The predicted molar refractivity (Wildman–Crippen MR) is 83.8 cm³/mol. The Labute approximate surface area is 126 Å². The number of furan rings is 1. The first-order chi connectivity index (χ1) is 10.2. The molecule has 0 aliphatic carbocycles. The van der Waals surface area contributed by atoms with E-state index in [9.17, 15) is 0 Å². The van der Waals surface area contributed by atoms with Gasteiger partial charge in [0.05, 0.1) is 12.3 Å². The van der Waals surface area contributed by atoms with Crippen LogP contribution in [0.2, 0.25) is 0 Å². The van der Waals surface area contributed by atoms with Crippen LogP contribution in [-0.2, 0) is 6.42 Å². The molecule has 1 aromatic carbocycles. The monoisotopic (exact) mass is 285 g/mol. The molecule has 0 amide bonds. The SMILES string of the molecule is CCCNC(c1ccc2c(c1)CC(C)O2)c1occc1C. The Morgan fingerprint density at radius 3 is 2.90 bits per heavy atom. The molecule has 0 saturated carbocycles. The highest BCUT2D eigenvalue weighted by molar-refractivity contribution is 5.43. The summed E-state index contributed by atoms with van der Waals surface area (Å²) in [5.74, 6) is 2.03. The molecule has 2 heterocycles. The van der Waals surface area contributed by atoms with Crippen molar-refractivity contribution in [3.05, 3.63) is 53.0 Å². The van der Waals surface area contributed by atoms with E-state index in [4.69, 9.17) is 9.15 Å². The predicted octanol–water partition coefficient (Wildman–Crippen LogP) is 4.00. The Hall–Kier alpha value is -1.74. The van der Waals surface area contributed by atoms with E-state index in [1.54, 1.807) is 6.26 Å². The first-order valence-corrected chi connectivity index (χ1v) is 7.76. The first-order valence-electron chi connectivity index (χ1n) is 7.76. The lowest BCUT2D eigenvalue weighted by Crippen LogP contribution is -2.23. The normalized spacial score (nSPS) is 18.3. The number of hydrogen-bond donors (Lipinski definition) is 1. The second-order valence-electron chi connectivity index (χ2n) is 5.85. The molecule has 1 aliphatic rings. The molecule has 1 aromatic heterocycles. The highest BCUT2D eigenvalue weighted by Crippen LogP contribution is 2.33.